The summed E-state index contributed by atoms with van der Waals surface area (Å²) in [5, 5.41) is 6.03. The Hall–Kier alpha value is -4.43. The zero-order valence-electron chi connectivity index (χ0n) is 20.1. The quantitative estimate of drug-likeness (QED) is 0.204. The Kier molecular flexibility index (Phi) is 6.74. The van der Waals surface area contributed by atoms with Gasteiger partial charge in [-0.2, -0.15) is 9.78 Å². The molecule has 37 heavy (non-hydrogen) atoms. The first-order chi connectivity index (χ1) is 17.9. The molecule has 0 fully saturated rings. The lowest BCUT2D eigenvalue weighted by Crippen LogP contribution is -2.26. The van der Waals surface area contributed by atoms with Crippen molar-refractivity contribution in [3.63, 3.8) is 0 Å². The maximum atomic E-state index is 13.4. The highest BCUT2D eigenvalue weighted by atomic mass is 35.5. The number of aromatic nitrogens is 2. The second-order valence-electron chi connectivity index (χ2n) is 8.16. The number of carbonyl (C=O) groups is 1. The van der Waals surface area contributed by atoms with E-state index in [0.717, 1.165) is 5.39 Å². The van der Waals surface area contributed by atoms with Gasteiger partial charge in [0.25, 0.3) is 5.56 Å². The van der Waals surface area contributed by atoms with Crippen LogP contribution in [0.15, 0.2) is 87.1 Å². The molecule has 0 saturated carbocycles. The minimum Gasteiger partial charge on any atom is -0.477 e. The Morgan fingerprint density at radius 1 is 1.14 bits per heavy atom. The van der Waals surface area contributed by atoms with Crippen LogP contribution in [0.25, 0.3) is 33.5 Å². The van der Waals surface area contributed by atoms with Crippen LogP contribution in [0, 0.1) is 0 Å². The van der Waals surface area contributed by atoms with Crippen LogP contribution in [0.4, 0.5) is 0 Å². The number of ether oxygens (including phenoxy) is 2. The Morgan fingerprint density at radius 3 is 2.70 bits per heavy atom. The van der Waals surface area contributed by atoms with Gasteiger partial charge in [-0.3, -0.25) is 4.79 Å². The zero-order chi connectivity index (χ0) is 25.9. The first-order valence-corrected chi connectivity index (χ1v) is 12.0. The standard InChI is InChI=1S/C28H22ClN3O5/c1-3-35-28(34)17(2)36-24-13-12-18(14-21(24)29)16-30-32-26(25-15-19-8-4-7-11-23(19)37-25)31-22-10-6-5-9-20(22)27(32)33/h4-17H,3H2,1-2H3/t17-/m0/s1. The number of para-hydroxylation sites is 2. The van der Waals surface area contributed by atoms with Gasteiger partial charge < -0.3 is 13.9 Å². The zero-order valence-corrected chi connectivity index (χ0v) is 20.8. The van der Waals surface area contributed by atoms with Crippen LogP contribution in [-0.4, -0.2) is 34.6 Å². The van der Waals surface area contributed by atoms with E-state index in [4.69, 9.17) is 25.5 Å². The van der Waals surface area contributed by atoms with Crippen molar-refractivity contribution in [1.29, 1.82) is 0 Å². The van der Waals surface area contributed by atoms with Crippen molar-refractivity contribution in [3.8, 4) is 17.3 Å². The molecule has 0 spiro atoms. The van der Waals surface area contributed by atoms with Gasteiger partial charge >= 0.3 is 5.97 Å². The van der Waals surface area contributed by atoms with Gasteiger partial charge in [0.2, 0.25) is 5.82 Å². The number of nitrogens with zero attached hydrogens (tertiary/aromatic N) is 3. The van der Waals surface area contributed by atoms with E-state index in [1.807, 2.05) is 36.4 Å². The van der Waals surface area contributed by atoms with Crippen molar-refractivity contribution in [2.45, 2.75) is 20.0 Å². The molecular weight excluding hydrogens is 494 g/mol. The van der Waals surface area contributed by atoms with Crippen molar-refractivity contribution in [2.75, 3.05) is 6.61 Å². The third kappa shape index (κ3) is 4.96. The number of carbonyl (C=O) groups excluding carboxylic acids is 1. The molecule has 0 amide bonds. The molecule has 9 heteroatoms. The molecule has 5 rings (SSSR count). The van der Waals surface area contributed by atoms with Gasteiger partial charge in [0.15, 0.2) is 11.9 Å². The smallest absolute Gasteiger partial charge is 0.347 e. The fraction of sp³-hybridized carbons (Fsp3) is 0.143. The summed E-state index contributed by atoms with van der Waals surface area (Å²) in [5.41, 5.74) is 1.48. The van der Waals surface area contributed by atoms with Crippen LogP contribution in [-0.2, 0) is 9.53 Å². The van der Waals surface area contributed by atoms with Gasteiger partial charge in [0.1, 0.15) is 11.3 Å². The van der Waals surface area contributed by atoms with Gasteiger partial charge in [-0.05, 0) is 61.9 Å². The van der Waals surface area contributed by atoms with Crippen molar-refractivity contribution >= 4 is 45.7 Å². The SMILES string of the molecule is CCOC(=O)[C@H](C)Oc1ccc(C=Nn2c(-c3cc4ccccc4o3)nc3ccccc3c2=O)cc1Cl. The summed E-state index contributed by atoms with van der Waals surface area (Å²) in [6.07, 6.45) is 0.680. The second-order valence-corrected chi connectivity index (χ2v) is 8.57. The normalized spacial score (nSPS) is 12.3. The molecule has 0 unspecified atom stereocenters. The van der Waals surface area contributed by atoms with Crippen molar-refractivity contribution in [2.24, 2.45) is 5.10 Å². The molecule has 2 heterocycles. The van der Waals surface area contributed by atoms with Crippen LogP contribution in [0.1, 0.15) is 19.4 Å². The molecule has 0 aliphatic rings. The second kappa shape index (κ2) is 10.3. The van der Waals surface area contributed by atoms with E-state index in [1.165, 1.54) is 10.9 Å². The van der Waals surface area contributed by atoms with Crippen molar-refractivity contribution in [3.05, 3.63) is 93.7 Å². The number of hydrogen-bond donors (Lipinski definition) is 0. The molecule has 3 aromatic carbocycles. The monoisotopic (exact) mass is 515 g/mol. The summed E-state index contributed by atoms with van der Waals surface area (Å²) in [6, 6.07) is 21.4. The highest BCUT2D eigenvalue weighted by Crippen LogP contribution is 2.28. The molecule has 0 bridgehead atoms. The highest BCUT2D eigenvalue weighted by Gasteiger charge is 2.18. The summed E-state index contributed by atoms with van der Waals surface area (Å²) in [4.78, 5) is 29.9. The number of esters is 1. The lowest BCUT2D eigenvalue weighted by Gasteiger charge is -2.14. The average molecular weight is 516 g/mol. The Morgan fingerprint density at radius 2 is 1.92 bits per heavy atom. The van der Waals surface area contributed by atoms with Crippen molar-refractivity contribution in [1.82, 2.24) is 9.66 Å². The molecule has 0 N–H and O–H groups in total. The summed E-state index contributed by atoms with van der Waals surface area (Å²) >= 11 is 6.38. The van der Waals surface area contributed by atoms with Crippen LogP contribution < -0.4 is 10.3 Å². The molecule has 8 nitrogen and oxygen atoms in total. The first kappa shape index (κ1) is 24.3. The third-order valence-corrected chi connectivity index (χ3v) is 5.90. The Balaban J connectivity index is 1.52. The van der Waals surface area contributed by atoms with E-state index in [9.17, 15) is 9.59 Å². The molecule has 0 radical (unpaired) electrons. The molecule has 0 aliphatic heterocycles. The lowest BCUT2D eigenvalue weighted by molar-refractivity contribution is -0.150. The molecule has 2 aromatic heterocycles. The molecular formula is C28H22ClN3O5. The number of benzene rings is 3. The number of furan rings is 1. The summed E-state index contributed by atoms with van der Waals surface area (Å²) in [7, 11) is 0. The highest BCUT2D eigenvalue weighted by molar-refractivity contribution is 6.32. The minimum atomic E-state index is -0.814. The Bertz CT molecular complexity index is 1670. The number of fused-ring (bicyclic) bond motifs is 2. The van der Waals surface area contributed by atoms with E-state index in [0.29, 0.717) is 33.6 Å². The summed E-state index contributed by atoms with van der Waals surface area (Å²) < 4.78 is 17.8. The van der Waals surface area contributed by atoms with E-state index in [-0.39, 0.29) is 23.0 Å². The molecule has 1 atom stereocenters. The first-order valence-electron chi connectivity index (χ1n) is 11.6. The van der Waals surface area contributed by atoms with Gasteiger partial charge in [0, 0.05) is 5.39 Å². The molecule has 0 saturated heterocycles. The van der Waals surface area contributed by atoms with E-state index in [2.05, 4.69) is 10.1 Å². The van der Waals surface area contributed by atoms with Gasteiger partial charge in [-0.25, -0.2) is 9.78 Å². The number of halogens is 1. The maximum absolute atomic E-state index is 13.4. The molecule has 5 aromatic rings. The predicted octanol–water partition coefficient (Wildman–Crippen LogP) is 5.68. The largest absolute Gasteiger partial charge is 0.477 e. The minimum absolute atomic E-state index is 0.259. The lowest BCUT2D eigenvalue weighted by atomic mass is 10.2. The van der Waals surface area contributed by atoms with Crippen molar-refractivity contribution < 1.29 is 18.7 Å². The topological polar surface area (TPSA) is 95.9 Å². The predicted molar refractivity (Wildman–Crippen MR) is 142 cm³/mol. The fourth-order valence-electron chi connectivity index (χ4n) is 3.80. The Labute approximate surface area is 216 Å². The molecule has 186 valence electrons. The molecule has 0 aliphatic carbocycles. The van der Waals surface area contributed by atoms with E-state index in [1.54, 1.807) is 50.2 Å². The summed E-state index contributed by atoms with van der Waals surface area (Å²) in [6.45, 7) is 3.57. The van der Waals surface area contributed by atoms with Crippen LogP contribution in [0.5, 0.6) is 5.75 Å². The van der Waals surface area contributed by atoms with Crippen LogP contribution in [0.2, 0.25) is 5.02 Å². The van der Waals surface area contributed by atoms with Crippen LogP contribution >= 0.6 is 11.6 Å². The summed E-state index contributed by atoms with van der Waals surface area (Å²) in [5.74, 6) is 0.527. The van der Waals surface area contributed by atoms with E-state index >= 15 is 0 Å². The number of hydrogen-bond acceptors (Lipinski definition) is 7. The van der Waals surface area contributed by atoms with Gasteiger partial charge in [-0.1, -0.05) is 41.9 Å². The number of rotatable bonds is 7. The van der Waals surface area contributed by atoms with Gasteiger partial charge in [-0.15, -0.1) is 0 Å². The fourth-order valence-corrected chi connectivity index (χ4v) is 4.03. The van der Waals surface area contributed by atoms with Gasteiger partial charge in [0.05, 0.1) is 28.7 Å². The average Bonchev–Trinajstić information content (AvgIpc) is 3.34. The van der Waals surface area contributed by atoms with Crippen LogP contribution in [0.3, 0.4) is 0 Å². The maximum Gasteiger partial charge on any atom is 0.347 e. The van der Waals surface area contributed by atoms with E-state index < -0.39 is 12.1 Å². The third-order valence-electron chi connectivity index (χ3n) is 5.60.